The van der Waals surface area contributed by atoms with Crippen LogP contribution in [0.3, 0.4) is 0 Å². The minimum absolute atomic E-state index is 0.0337. The van der Waals surface area contributed by atoms with Crippen LogP contribution in [0, 0.1) is 11.6 Å². The van der Waals surface area contributed by atoms with Gasteiger partial charge >= 0.3 is 0 Å². The van der Waals surface area contributed by atoms with Gasteiger partial charge in [-0.15, -0.1) is 0 Å². The molecule has 0 saturated carbocycles. The average Bonchev–Trinajstić information content (AvgIpc) is 2.34. The van der Waals surface area contributed by atoms with Crippen molar-refractivity contribution >= 4 is 5.65 Å². The molecule has 0 N–H and O–H groups in total. The van der Waals surface area contributed by atoms with Gasteiger partial charge in [-0.3, -0.25) is 0 Å². The van der Waals surface area contributed by atoms with Crippen LogP contribution < -0.4 is 0 Å². The summed E-state index contributed by atoms with van der Waals surface area (Å²) >= 11 is 0. The second-order valence-corrected chi connectivity index (χ2v) is 2.03. The molecule has 0 aromatic carbocycles. The van der Waals surface area contributed by atoms with E-state index in [1.165, 1.54) is 0 Å². The van der Waals surface area contributed by atoms with E-state index in [4.69, 9.17) is 0 Å². The van der Waals surface area contributed by atoms with Crippen LogP contribution in [0.25, 0.3) is 5.65 Å². The highest BCUT2D eigenvalue weighted by molar-refractivity contribution is 5.37. The Morgan fingerprint density at radius 2 is 2.18 bits per heavy atom. The molecule has 11 heavy (non-hydrogen) atoms. The third kappa shape index (κ3) is 0.849. The van der Waals surface area contributed by atoms with Crippen molar-refractivity contribution < 1.29 is 8.78 Å². The second-order valence-electron chi connectivity index (χ2n) is 2.03. The molecule has 3 nitrogen and oxygen atoms in total. The van der Waals surface area contributed by atoms with E-state index in [0.717, 1.165) is 23.1 Å². The van der Waals surface area contributed by atoms with Gasteiger partial charge in [-0.2, -0.15) is 5.10 Å². The zero-order chi connectivity index (χ0) is 7.84. The lowest BCUT2D eigenvalue weighted by Crippen LogP contribution is -1.92. The summed E-state index contributed by atoms with van der Waals surface area (Å²) in [5.74, 6) is -1.37. The largest absolute Gasteiger partial charge is 0.215 e. The van der Waals surface area contributed by atoms with Gasteiger partial charge in [-0.25, -0.2) is 18.3 Å². The normalized spacial score (nSPS) is 10.7. The van der Waals surface area contributed by atoms with Gasteiger partial charge in [0.1, 0.15) is 12.1 Å². The molecule has 0 aliphatic rings. The Kier molecular flexibility index (Phi) is 1.12. The summed E-state index contributed by atoms with van der Waals surface area (Å²) in [6, 6.07) is 0.768. The molecular formula is C6H3F2N3. The Bertz CT molecular complexity index is 396. The number of nitrogens with zero attached hydrogens (tertiary/aromatic N) is 3. The van der Waals surface area contributed by atoms with Crippen LogP contribution in [0.4, 0.5) is 8.78 Å². The Labute approximate surface area is 60.3 Å². The monoisotopic (exact) mass is 155 g/mol. The van der Waals surface area contributed by atoms with E-state index in [0.29, 0.717) is 0 Å². The Balaban J connectivity index is 2.91. The molecule has 2 aromatic rings. The fraction of sp³-hybridized carbons (Fsp3) is 0. The maximum absolute atomic E-state index is 12.7. The van der Waals surface area contributed by atoms with Crippen molar-refractivity contribution in [3.05, 3.63) is 30.2 Å². The van der Waals surface area contributed by atoms with Crippen LogP contribution in [-0.4, -0.2) is 14.6 Å². The average molecular weight is 155 g/mol. The second kappa shape index (κ2) is 1.98. The van der Waals surface area contributed by atoms with E-state index in [1.54, 1.807) is 0 Å². The van der Waals surface area contributed by atoms with E-state index in [9.17, 15) is 8.78 Å². The molecule has 0 unspecified atom stereocenters. The summed E-state index contributed by atoms with van der Waals surface area (Å²) in [4.78, 5) is 3.57. The molecule has 0 radical (unpaired) electrons. The molecule has 0 spiro atoms. The summed E-state index contributed by atoms with van der Waals surface area (Å²) in [6.45, 7) is 0. The predicted molar refractivity (Wildman–Crippen MR) is 32.9 cm³/mol. The maximum atomic E-state index is 12.7. The number of aromatic nitrogens is 3. The lowest BCUT2D eigenvalue weighted by Gasteiger charge is -1.92. The quantitative estimate of drug-likeness (QED) is 0.568. The standard InChI is InChI=1S/C6H3F2N3/c7-4-1-5(8)6-9-3-10-11(6)2-4/h1-3H. The summed E-state index contributed by atoms with van der Waals surface area (Å²) < 4.78 is 26.2. The van der Waals surface area contributed by atoms with Gasteiger partial charge in [-0.05, 0) is 0 Å². The van der Waals surface area contributed by atoms with Crippen molar-refractivity contribution in [2.24, 2.45) is 0 Å². The number of hydrogen-bond donors (Lipinski definition) is 0. The van der Waals surface area contributed by atoms with Crippen LogP contribution in [0.1, 0.15) is 0 Å². The Morgan fingerprint density at radius 1 is 1.36 bits per heavy atom. The van der Waals surface area contributed by atoms with Crippen LogP contribution in [0.15, 0.2) is 18.6 Å². The first-order valence-corrected chi connectivity index (χ1v) is 2.92. The fourth-order valence-corrected chi connectivity index (χ4v) is 0.855. The molecule has 0 bridgehead atoms. The lowest BCUT2D eigenvalue weighted by molar-refractivity contribution is 0.572. The molecule has 0 saturated heterocycles. The van der Waals surface area contributed by atoms with Crippen molar-refractivity contribution in [3.63, 3.8) is 0 Å². The fourth-order valence-electron chi connectivity index (χ4n) is 0.855. The minimum Gasteiger partial charge on any atom is -0.215 e. The summed E-state index contributed by atoms with van der Waals surface area (Å²) in [5, 5.41) is 3.57. The van der Waals surface area contributed by atoms with Crippen LogP contribution in [0.5, 0.6) is 0 Å². The zero-order valence-corrected chi connectivity index (χ0v) is 5.33. The summed E-state index contributed by atoms with van der Waals surface area (Å²) in [5.41, 5.74) is 0.0337. The van der Waals surface area contributed by atoms with Crippen LogP contribution in [0.2, 0.25) is 0 Å². The van der Waals surface area contributed by atoms with Gasteiger partial charge in [0.25, 0.3) is 0 Å². The van der Waals surface area contributed by atoms with Crippen molar-refractivity contribution in [3.8, 4) is 0 Å². The molecule has 56 valence electrons. The highest BCUT2D eigenvalue weighted by Gasteiger charge is 2.04. The van der Waals surface area contributed by atoms with E-state index in [2.05, 4.69) is 10.1 Å². The maximum Gasteiger partial charge on any atom is 0.191 e. The molecule has 2 heterocycles. The topological polar surface area (TPSA) is 30.2 Å². The summed E-state index contributed by atoms with van der Waals surface area (Å²) in [6.07, 6.45) is 2.23. The highest BCUT2D eigenvalue weighted by Crippen LogP contribution is 2.06. The van der Waals surface area contributed by atoms with Crippen molar-refractivity contribution in [1.29, 1.82) is 0 Å². The first-order chi connectivity index (χ1) is 5.27. The van der Waals surface area contributed by atoms with Gasteiger partial charge in [0.2, 0.25) is 0 Å². The molecule has 0 amide bonds. The van der Waals surface area contributed by atoms with Gasteiger partial charge < -0.3 is 0 Å². The molecular weight excluding hydrogens is 152 g/mol. The highest BCUT2D eigenvalue weighted by atomic mass is 19.1. The van der Waals surface area contributed by atoms with Crippen molar-refractivity contribution in [2.75, 3.05) is 0 Å². The van der Waals surface area contributed by atoms with E-state index >= 15 is 0 Å². The number of halogens is 2. The SMILES string of the molecule is Fc1cc(F)c2ncnn2c1. The van der Waals surface area contributed by atoms with Crippen LogP contribution in [-0.2, 0) is 0 Å². The number of fused-ring (bicyclic) bond motifs is 1. The lowest BCUT2D eigenvalue weighted by atomic mass is 10.4. The predicted octanol–water partition coefficient (Wildman–Crippen LogP) is 1.01. The molecule has 2 aromatic heterocycles. The minimum atomic E-state index is -0.706. The molecule has 2 rings (SSSR count). The van der Waals surface area contributed by atoms with Gasteiger partial charge in [-0.1, -0.05) is 0 Å². The van der Waals surface area contributed by atoms with Crippen molar-refractivity contribution in [2.45, 2.75) is 0 Å². The number of pyridine rings is 1. The van der Waals surface area contributed by atoms with E-state index < -0.39 is 11.6 Å². The Morgan fingerprint density at radius 3 is 3.00 bits per heavy atom. The first kappa shape index (κ1) is 6.21. The van der Waals surface area contributed by atoms with E-state index in [-0.39, 0.29) is 5.65 Å². The molecule has 0 aliphatic heterocycles. The third-order valence-corrected chi connectivity index (χ3v) is 1.30. The first-order valence-electron chi connectivity index (χ1n) is 2.92. The summed E-state index contributed by atoms with van der Waals surface area (Å²) in [7, 11) is 0. The molecule has 0 fully saturated rings. The number of rotatable bonds is 0. The smallest absolute Gasteiger partial charge is 0.191 e. The molecule has 0 atom stereocenters. The van der Waals surface area contributed by atoms with E-state index in [1.807, 2.05) is 0 Å². The Hall–Kier alpha value is -1.52. The molecule has 5 heteroatoms. The van der Waals surface area contributed by atoms with Gasteiger partial charge in [0.15, 0.2) is 11.5 Å². The van der Waals surface area contributed by atoms with Gasteiger partial charge in [0.05, 0.1) is 6.20 Å². The van der Waals surface area contributed by atoms with Crippen molar-refractivity contribution in [1.82, 2.24) is 14.6 Å². The van der Waals surface area contributed by atoms with Gasteiger partial charge in [0, 0.05) is 6.07 Å². The van der Waals surface area contributed by atoms with Crippen LogP contribution >= 0.6 is 0 Å². The zero-order valence-electron chi connectivity index (χ0n) is 5.33. The third-order valence-electron chi connectivity index (χ3n) is 1.30. The molecule has 0 aliphatic carbocycles. The number of hydrogen-bond acceptors (Lipinski definition) is 2.